The number of nitrogens with zero attached hydrogens (tertiary/aromatic N) is 1. The number of hydrogen-bond donors (Lipinski definition) is 0. The van der Waals surface area contributed by atoms with Crippen LogP contribution in [-0.2, 0) is 0 Å². The second-order valence-electron chi connectivity index (χ2n) is 3.65. The van der Waals surface area contributed by atoms with E-state index in [4.69, 9.17) is 23.2 Å². The molecule has 1 amide bonds. The molecule has 94 valence electrons. The molecule has 0 saturated carbocycles. The minimum atomic E-state index is -0.0399. The molecule has 0 radical (unpaired) electrons. The summed E-state index contributed by atoms with van der Waals surface area (Å²) >= 11 is 14.8. The first kappa shape index (κ1) is 14.8. The van der Waals surface area contributed by atoms with Gasteiger partial charge in [-0.15, -0.1) is 23.2 Å². The van der Waals surface area contributed by atoms with E-state index in [1.807, 2.05) is 25.1 Å². The molecule has 1 aromatic carbocycles. The number of benzene rings is 1. The van der Waals surface area contributed by atoms with E-state index in [0.29, 0.717) is 30.4 Å². The lowest BCUT2D eigenvalue weighted by molar-refractivity contribution is 0.0774. The molecule has 0 heterocycles. The first-order valence-electron chi connectivity index (χ1n) is 5.27. The van der Waals surface area contributed by atoms with E-state index in [0.717, 1.165) is 10.0 Å². The van der Waals surface area contributed by atoms with Crippen molar-refractivity contribution in [2.45, 2.75) is 6.92 Å². The molecule has 1 rings (SSSR count). The van der Waals surface area contributed by atoms with Gasteiger partial charge < -0.3 is 4.90 Å². The molecule has 0 atom stereocenters. The smallest absolute Gasteiger partial charge is 0.255 e. The van der Waals surface area contributed by atoms with Crippen LogP contribution in [0.15, 0.2) is 22.7 Å². The predicted octanol–water partition coefficient (Wildman–Crippen LogP) is 3.68. The standard InChI is InChI=1S/C12H14BrCl2NO/c1-9-2-3-11(13)10(8-9)12(17)16(6-4-14)7-5-15/h2-3,8H,4-7H2,1H3. The summed E-state index contributed by atoms with van der Waals surface area (Å²) in [7, 11) is 0. The van der Waals surface area contributed by atoms with Gasteiger partial charge >= 0.3 is 0 Å². The molecule has 0 saturated heterocycles. The molecule has 2 nitrogen and oxygen atoms in total. The van der Waals surface area contributed by atoms with E-state index in [2.05, 4.69) is 15.9 Å². The summed E-state index contributed by atoms with van der Waals surface area (Å²) < 4.78 is 0.794. The van der Waals surface area contributed by atoms with Gasteiger partial charge in [0.05, 0.1) is 5.56 Å². The summed E-state index contributed by atoms with van der Waals surface area (Å²) in [6, 6.07) is 5.69. The van der Waals surface area contributed by atoms with Crippen LogP contribution in [0.4, 0.5) is 0 Å². The number of aryl methyl sites for hydroxylation is 1. The van der Waals surface area contributed by atoms with E-state index in [-0.39, 0.29) is 5.91 Å². The molecule has 0 spiro atoms. The van der Waals surface area contributed by atoms with Crippen LogP contribution in [0.25, 0.3) is 0 Å². The molecule has 0 unspecified atom stereocenters. The van der Waals surface area contributed by atoms with Crippen molar-refractivity contribution < 1.29 is 4.79 Å². The fourth-order valence-electron chi connectivity index (χ4n) is 1.49. The average molecular weight is 339 g/mol. The third-order valence-corrected chi connectivity index (χ3v) is 3.38. The molecule has 0 N–H and O–H groups in total. The van der Waals surface area contributed by atoms with Crippen molar-refractivity contribution >= 4 is 45.0 Å². The Labute approximate surface area is 120 Å². The molecule has 17 heavy (non-hydrogen) atoms. The maximum absolute atomic E-state index is 12.3. The number of halogens is 3. The van der Waals surface area contributed by atoms with Gasteiger partial charge in [-0.2, -0.15) is 0 Å². The molecular weight excluding hydrogens is 325 g/mol. The van der Waals surface area contributed by atoms with Crippen LogP contribution in [0, 0.1) is 6.92 Å². The zero-order valence-corrected chi connectivity index (χ0v) is 12.6. The average Bonchev–Trinajstić information content (AvgIpc) is 2.31. The van der Waals surface area contributed by atoms with Crippen LogP contribution in [0.5, 0.6) is 0 Å². The van der Waals surface area contributed by atoms with Crippen LogP contribution in [-0.4, -0.2) is 35.7 Å². The van der Waals surface area contributed by atoms with Crippen molar-refractivity contribution in [3.05, 3.63) is 33.8 Å². The Morgan fingerprint density at radius 2 is 1.88 bits per heavy atom. The van der Waals surface area contributed by atoms with E-state index in [1.54, 1.807) is 4.90 Å². The number of alkyl halides is 2. The largest absolute Gasteiger partial charge is 0.336 e. The highest BCUT2D eigenvalue weighted by molar-refractivity contribution is 9.10. The highest BCUT2D eigenvalue weighted by Gasteiger charge is 2.17. The minimum absolute atomic E-state index is 0.0399. The monoisotopic (exact) mass is 337 g/mol. The maximum atomic E-state index is 12.3. The molecule has 0 bridgehead atoms. The summed E-state index contributed by atoms with van der Waals surface area (Å²) in [5.74, 6) is 0.778. The van der Waals surface area contributed by atoms with Gasteiger partial charge in [0.1, 0.15) is 0 Å². The number of hydrogen-bond acceptors (Lipinski definition) is 1. The zero-order valence-electron chi connectivity index (χ0n) is 9.55. The molecule has 0 aliphatic rings. The van der Waals surface area contributed by atoms with Crippen molar-refractivity contribution in [2.24, 2.45) is 0 Å². The Balaban J connectivity index is 2.95. The lowest BCUT2D eigenvalue weighted by atomic mass is 10.1. The number of carbonyl (C=O) groups excluding carboxylic acids is 1. The van der Waals surface area contributed by atoms with E-state index >= 15 is 0 Å². The van der Waals surface area contributed by atoms with Crippen molar-refractivity contribution in [3.8, 4) is 0 Å². The van der Waals surface area contributed by atoms with Gasteiger partial charge in [-0.1, -0.05) is 11.6 Å². The Hall–Kier alpha value is -0.250. The van der Waals surface area contributed by atoms with Gasteiger partial charge in [0, 0.05) is 29.3 Å². The first-order chi connectivity index (χ1) is 8.10. The van der Waals surface area contributed by atoms with Gasteiger partial charge in [-0.05, 0) is 35.0 Å². The lowest BCUT2D eigenvalue weighted by Crippen LogP contribution is -2.34. The summed E-state index contributed by atoms with van der Waals surface area (Å²) in [4.78, 5) is 13.9. The highest BCUT2D eigenvalue weighted by Crippen LogP contribution is 2.20. The Morgan fingerprint density at radius 3 is 2.41 bits per heavy atom. The Kier molecular flexibility index (Phi) is 6.31. The SMILES string of the molecule is Cc1ccc(Br)c(C(=O)N(CCCl)CCCl)c1. The zero-order chi connectivity index (χ0) is 12.8. The third kappa shape index (κ3) is 4.16. The Bertz CT molecular complexity index is 392. The van der Waals surface area contributed by atoms with Crippen LogP contribution in [0.2, 0.25) is 0 Å². The quantitative estimate of drug-likeness (QED) is 0.750. The molecular formula is C12H14BrCl2NO. The summed E-state index contributed by atoms with van der Waals surface area (Å²) in [6.45, 7) is 2.97. The van der Waals surface area contributed by atoms with Crippen LogP contribution in [0.3, 0.4) is 0 Å². The van der Waals surface area contributed by atoms with Crippen LogP contribution < -0.4 is 0 Å². The summed E-state index contributed by atoms with van der Waals surface area (Å²) in [5.41, 5.74) is 1.70. The molecule has 0 fully saturated rings. The fourth-order valence-corrected chi connectivity index (χ4v) is 2.32. The first-order valence-corrected chi connectivity index (χ1v) is 7.13. The predicted molar refractivity (Wildman–Crippen MR) is 76.2 cm³/mol. The van der Waals surface area contributed by atoms with Crippen molar-refractivity contribution in [1.29, 1.82) is 0 Å². The van der Waals surface area contributed by atoms with Gasteiger partial charge in [-0.3, -0.25) is 4.79 Å². The summed E-state index contributed by atoms with van der Waals surface area (Å²) in [6.07, 6.45) is 0. The molecule has 5 heteroatoms. The van der Waals surface area contributed by atoms with E-state index in [1.165, 1.54) is 0 Å². The van der Waals surface area contributed by atoms with Gasteiger partial charge in [0.2, 0.25) is 0 Å². The third-order valence-electron chi connectivity index (χ3n) is 2.35. The van der Waals surface area contributed by atoms with Crippen molar-refractivity contribution in [3.63, 3.8) is 0 Å². The van der Waals surface area contributed by atoms with Crippen LogP contribution in [0.1, 0.15) is 15.9 Å². The lowest BCUT2D eigenvalue weighted by Gasteiger charge is -2.21. The second-order valence-corrected chi connectivity index (χ2v) is 5.26. The topological polar surface area (TPSA) is 20.3 Å². The normalized spacial score (nSPS) is 10.4. The van der Waals surface area contributed by atoms with Gasteiger partial charge in [-0.25, -0.2) is 0 Å². The van der Waals surface area contributed by atoms with Gasteiger partial charge in [0.25, 0.3) is 5.91 Å². The fraction of sp³-hybridized carbons (Fsp3) is 0.417. The number of carbonyl (C=O) groups is 1. The van der Waals surface area contributed by atoms with E-state index in [9.17, 15) is 4.79 Å². The number of rotatable bonds is 5. The maximum Gasteiger partial charge on any atom is 0.255 e. The minimum Gasteiger partial charge on any atom is -0.336 e. The second kappa shape index (κ2) is 7.24. The number of amides is 1. The van der Waals surface area contributed by atoms with Gasteiger partial charge in [0.15, 0.2) is 0 Å². The Morgan fingerprint density at radius 1 is 1.29 bits per heavy atom. The van der Waals surface area contributed by atoms with Crippen molar-refractivity contribution in [1.82, 2.24) is 4.90 Å². The van der Waals surface area contributed by atoms with E-state index < -0.39 is 0 Å². The molecule has 0 aliphatic carbocycles. The van der Waals surface area contributed by atoms with Crippen molar-refractivity contribution in [2.75, 3.05) is 24.8 Å². The summed E-state index contributed by atoms with van der Waals surface area (Å²) in [5, 5.41) is 0. The molecule has 0 aromatic heterocycles. The molecule has 1 aromatic rings. The highest BCUT2D eigenvalue weighted by atomic mass is 79.9. The molecule has 0 aliphatic heterocycles. The van der Waals surface area contributed by atoms with Crippen LogP contribution >= 0.6 is 39.1 Å².